The minimum Gasteiger partial charge on any atom is -0.497 e. The normalized spacial score (nSPS) is 10.8. The van der Waals surface area contributed by atoms with Crippen LogP contribution in [0, 0.1) is 13.8 Å². The van der Waals surface area contributed by atoms with Gasteiger partial charge < -0.3 is 4.74 Å². The van der Waals surface area contributed by atoms with E-state index in [1.165, 1.54) is 0 Å². The van der Waals surface area contributed by atoms with Gasteiger partial charge in [-0.25, -0.2) is 4.98 Å². The number of ether oxygens (including phenoxy) is 1. The van der Waals surface area contributed by atoms with Crippen molar-refractivity contribution < 1.29 is 4.74 Å². The summed E-state index contributed by atoms with van der Waals surface area (Å²) in [6.45, 7) is 3.91. The molecular weight excluding hydrogens is 264 g/mol. The largest absolute Gasteiger partial charge is 0.497 e. The highest BCUT2D eigenvalue weighted by atomic mass is 16.5. The zero-order valence-corrected chi connectivity index (χ0v) is 12.3. The summed E-state index contributed by atoms with van der Waals surface area (Å²) in [5.41, 5.74) is 4.16. The molecule has 0 bridgehead atoms. The Balaban J connectivity index is 2.22. The van der Waals surface area contributed by atoms with Crippen LogP contribution in [-0.2, 0) is 0 Å². The average Bonchev–Trinajstić information content (AvgIpc) is 2.46. The van der Waals surface area contributed by atoms with Crippen molar-refractivity contribution in [2.75, 3.05) is 7.11 Å². The third kappa shape index (κ3) is 2.40. The van der Waals surface area contributed by atoms with Crippen LogP contribution in [-0.4, -0.2) is 16.5 Å². The van der Waals surface area contributed by atoms with E-state index in [1.54, 1.807) is 17.6 Å². The minimum atomic E-state index is -0.0664. The highest BCUT2D eigenvalue weighted by Crippen LogP contribution is 2.20. The van der Waals surface area contributed by atoms with Crippen LogP contribution in [0.1, 0.15) is 11.3 Å². The summed E-state index contributed by atoms with van der Waals surface area (Å²) in [6, 6.07) is 13.0. The van der Waals surface area contributed by atoms with Crippen molar-refractivity contribution in [3.05, 3.63) is 64.1 Å². The van der Waals surface area contributed by atoms with Gasteiger partial charge in [-0.05, 0) is 55.8 Å². The maximum Gasteiger partial charge on any atom is 0.258 e. The first kappa shape index (κ1) is 13.4. The van der Waals surface area contributed by atoms with Gasteiger partial charge in [-0.15, -0.1) is 0 Å². The van der Waals surface area contributed by atoms with Crippen LogP contribution < -0.4 is 10.3 Å². The van der Waals surface area contributed by atoms with Gasteiger partial charge >= 0.3 is 0 Å². The molecule has 0 saturated heterocycles. The molecule has 0 radical (unpaired) electrons. The Bertz CT molecular complexity index is 864. The Labute approximate surface area is 122 Å². The minimum absolute atomic E-state index is 0.0664. The highest BCUT2D eigenvalue weighted by molar-refractivity contribution is 5.62. The monoisotopic (exact) mass is 280 g/mol. The van der Waals surface area contributed by atoms with E-state index in [0.717, 1.165) is 22.6 Å². The molecule has 0 spiro atoms. The van der Waals surface area contributed by atoms with Crippen molar-refractivity contribution in [1.29, 1.82) is 0 Å². The summed E-state index contributed by atoms with van der Waals surface area (Å²) in [5.74, 6) is 0.781. The Morgan fingerprint density at radius 3 is 2.43 bits per heavy atom. The Morgan fingerprint density at radius 2 is 1.76 bits per heavy atom. The fourth-order valence-electron chi connectivity index (χ4n) is 2.50. The zero-order valence-electron chi connectivity index (χ0n) is 12.3. The van der Waals surface area contributed by atoms with E-state index >= 15 is 0 Å². The fraction of sp³-hybridized carbons (Fsp3) is 0.176. The number of benzene rings is 1. The van der Waals surface area contributed by atoms with Crippen molar-refractivity contribution in [3.63, 3.8) is 0 Å². The summed E-state index contributed by atoms with van der Waals surface area (Å²) >= 11 is 0. The van der Waals surface area contributed by atoms with Crippen molar-refractivity contribution in [2.45, 2.75) is 13.8 Å². The van der Waals surface area contributed by atoms with Crippen LogP contribution in [0.2, 0.25) is 0 Å². The quantitative estimate of drug-likeness (QED) is 0.725. The molecule has 0 fully saturated rings. The molecule has 0 aliphatic rings. The van der Waals surface area contributed by atoms with Gasteiger partial charge in [0.2, 0.25) is 0 Å². The van der Waals surface area contributed by atoms with Crippen LogP contribution >= 0.6 is 0 Å². The van der Waals surface area contributed by atoms with Gasteiger partial charge in [0, 0.05) is 17.3 Å². The third-order valence-corrected chi connectivity index (χ3v) is 3.48. The molecule has 0 N–H and O–H groups in total. The smallest absolute Gasteiger partial charge is 0.258 e. The summed E-state index contributed by atoms with van der Waals surface area (Å²) in [5, 5.41) is 0. The third-order valence-electron chi connectivity index (χ3n) is 3.48. The average molecular weight is 280 g/mol. The number of methoxy groups -OCH3 is 1. The first-order valence-corrected chi connectivity index (χ1v) is 6.74. The van der Waals surface area contributed by atoms with E-state index < -0.39 is 0 Å². The maximum atomic E-state index is 12.3. The zero-order chi connectivity index (χ0) is 15.0. The van der Waals surface area contributed by atoms with Crippen molar-refractivity contribution in [2.24, 2.45) is 0 Å². The lowest BCUT2D eigenvalue weighted by Crippen LogP contribution is -2.16. The second-order valence-corrected chi connectivity index (χ2v) is 5.08. The molecule has 4 heteroatoms. The molecule has 3 aromatic rings. The molecule has 2 heterocycles. The molecule has 3 rings (SSSR count). The molecule has 0 saturated carbocycles. The molecule has 2 aromatic heterocycles. The molecular formula is C17H16N2O2. The molecule has 0 atom stereocenters. The molecule has 0 unspecified atom stereocenters. The lowest BCUT2D eigenvalue weighted by atomic mass is 10.1. The molecule has 21 heavy (non-hydrogen) atoms. The maximum absolute atomic E-state index is 12.3. The predicted molar refractivity (Wildman–Crippen MR) is 82.9 cm³/mol. The summed E-state index contributed by atoms with van der Waals surface area (Å²) < 4.78 is 6.77. The van der Waals surface area contributed by atoms with E-state index in [4.69, 9.17) is 4.74 Å². The number of pyridine rings is 1. The number of fused-ring (bicyclic) bond motifs is 1. The van der Waals surface area contributed by atoms with Gasteiger partial charge in [-0.3, -0.25) is 9.20 Å². The van der Waals surface area contributed by atoms with Crippen LogP contribution in [0.4, 0.5) is 0 Å². The summed E-state index contributed by atoms with van der Waals surface area (Å²) in [6.07, 6.45) is 0. The summed E-state index contributed by atoms with van der Waals surface area (Å²) in [4.78, 5) is 16.9. The first-order valence-electron chi connectivity index (χ1n) is 6.74. The molecule has 1 aromatic carbocycles. The number of hydrogen-bond acceptors (Lipinski definition) is 3. The van der Waals surface area contributed by atoms with Crippen molar-refractivity contribution in [1.82, 2.24) is 9.38 Å². The number of aromatic nitrogens is 2. The number of aryl methyl sites for hydroxylation is 2. The van der Waals surface area contributed by atoms with Crippen LogP contribution in [0.5, 0.6) is 5.75 Å². The standard InChI is InChI=1S/C17H16N2O2/c1-11-8-12(2)19-16(9-11)18-15(10-17(19)20)13-4-6-14(21-3)7-5-13/h4-10H,1-3H3. The topological polar surface area (TPSA) is 43.6 Å². The van der Waals surface area contributed by atoms with Crippen LogP contribution in [0.15, 0.2) is 47.3 Å². The Kier molecular flexibility index (Phi) is 3.22. The van der Waals surface area contributed by atoms with E-state index in [9.17, 15) is 4.79 Å². The van der Waals surface area contributed by atoms with E-state index in [2.05, 4.69) is 4.98 Å². The van der Waals surface area contributed by atoms with E-state index in [1.807, 2.05) is 50.2 Å². The van der Waals surface area contributed by atoms with E-state index in [0.29, 0.717) is 11.3 Å². The predicted octanol–water partition coefficient (Wildman–Crippen LogP) is 2.99. The molecule has 0 aliphatic heterocycles. The molecule has 4 nitrogen and oxygen atoms in total. The molecule has 0 amide bonds. The van der Waals surface area contributed by atoms with E-state index in [-0.39, 0.29) is 5.56 Å². The lowest BCUT2D eigenvalue weighted by Gasteiger charge is -2.08. The molecule has 0 aliphatic carbocycles. The Morgan fingerprint density at radius 1 is 1.05 bits per heavy atom. The van der Waals surface area contributed by atoms with Gasteiger partial charge in [0.25, 0.3) is 5.56 Å². The number of nitrogens with zero attached hydrogens (tertiary/aromatic N) is 2. The number of hydrogen-bond donors (Lipinski definition) is 0. The Hall–Kier alpha value is -2.62. The van der Waals surface area contributed by atoms with Crippen LogP contribution in [0.25, 0.3) is 16.9 Å². The number of rotatable bonds is 2. The first-order chi connectivity index (χ1) is 10.1. The second kappa shape index (κ2) is 5.05. The van der Waals surface area contributed by atoms with Gasteiger partial charge in [0.1, 0.15) is 11.4 Å². The van der Waals surface area contributed by atoms with Crippen molar-refractivity contribution in [3.8, 4) is 17.0 Å². The van der Waals surface area contributed by atoms with Crippen molar-refractivity contribution >= 4 is 5.65 Å². The highest BCUT2D eigenvalue weighted by Gasteiger charge is 2.07. The van der Waals surface area contributed by atoms with Gasteiger partial charge in [-0.2, -0.15) is 0 Å². The van der Waals surface area contributed by atoms with Gasteiger partial charge in [-0.1, -0.05) is 0 Å². The second-order valence-electron chi connectivity index (χ2n) is 5.08. The van der Waals surface area contributed by atoms with Crippen LogP contribution in [0.3, 0.4) is 0 Å². The molecule has 106 valence electrons. The SMILES string of the molecule is COc1ccc(-c2cc(=O)n3c(C)cc(C)cc3n2)cc1. The fourth-order valence-corrected chi connectivity index (χ4v) is 2.50. The van der Waals surface area contributed by atoms with Gasteiger partial charge in [0.05, 0.1) is 12.8 Å². The summed E-state index contributed by atoms with van der Waals surface area (Å²) in [7, 11) is 1.63. The van der Waals surface area contributed by atoms with Gasteiger partial charge in [0.15, 0.2) is 0 Å². The lowest BCUT2D eigenvalue weighted by molar-refractivity contribution is 0.415.